The van der Waals surface area contributed by atoms with Gasteiger partial charge in [-0.05, 0) is 37.5 Å². The number of carbonyl (C=O) groups is 1. The van der Waals surface area contributed by atoms with Crippen LogP contribution in [0.4, 0.5) is 0 Å². The van der Waals surface area contributed by atoms with Gasteiger partial charge in [0.1, 0.15) is 0 Å². The number of nitrogens with one attached hydrogen (secondary N) is 2. The summed E-state index contributed by atoms with van der Waals surface area (Å²) in [6.07, 6.45) is 2.19. The van der Waals surface area contributed by atoms with Gasteiger partial charge >= 0.3 is 0 Å². The summed E-state index contributed by atoms with van der Waals surface area (Å²) in [6.45, 7) is 2.44. The van der Waals surface area contributed by atoms with E-state index in [1.165, 1.54) is 0 Å². The van der Waals surface area contributed by atoms with Gasteiger partial charge in [0.25, 0.3) is 0 Å². The Labute approximate surface area is 133 Å². The van der Waals surface area contributed by atoms with E-state index in [1.807, 2.05) is 19.1 Å². The molecular weight excluding hydrogens is 336 g/mol. The van der Waals surface area contributed by atoms with Crippen molar-refractivity contribution in [1.82, 2.24) is 10.6 Å². The molecular formula is C15H21BrN2O3. The topological polar surface area (TPSA) is 59.6 Å². The minimum absolute atomic E-state index is 0.0501. The Hall–Kier alpha value is -1.27. The molecule has 0 bridgehead atoms. The number of amides is 1. The first kappa shape index (κ1) is 16.1. The summed E-state index contributed by atoms with van der Waals surface area (Å²) in [5, 5.41) is 6.21. The lowest BCUT2D eigenvalue weighted by Crippen LogP contribution is -2.42. The largest absolute Gasteiger partial charge is 0.493 e. The van der Waals surface area contributed by atoms with E-state index < -0.39 is 0 Å². The Balaban J connectivity index is 1.96. The second kappa shape index (κ2) is 7.13. The molecule has 1 saturated carbocycles. The van der Waals surface area contributed by atoms with Crippen LogP contribution in [0.2, 0.25) is 0 Å². The van der Waals surface area contributed by atoms with Crippen molar-refractivity contribution in [2.45, 2.75) is 38.4 Å². The molecule has 1 aliphatic carbocycles. The van der Waals surface area contributed by atoms with Crippen molar-refractivity contribution >= 4 is 21.8 Å². The highest BCUT2D eigenvalue weighted by atomic mass is 79.9. The lowest BCUT2D eigenvalue weighted by molar-refractivity contribution is -0.122. The second-order valence-electron chi connectivity index (χ2n) is 5.18. The summed E-state index contributed by atoms with van der Waals surface area (Å²) in [7, 11) is 3.21. The molecule has 0 aliphatic heterocycles. The third kappa shape index (κ3) is 4.35. The highest BCUT2D eigenvalue weighted by Crippen LogP contribution is 2.33. The molecule has 2 rings (SSSR count). The van der Waals surface area contributed by atoms with Crippen molar-refractivity contribution in [2.24, 2.45) is 0 Å². The summed E-state index contributed by atoms with van der Waals surface area (Å²) >= 11 is 3.51. The molecule has 21 heavy (non-hydrogen) atoms. The fourth-order valence-electron chi connectivity index (χ4n) is 1.94. The highest BCUT2D eigenvalue weighted by Gasteiger charge is 2.25. The molecule has 0 radical (unpaired) electrons. The first-order chi connectivity index (χ1) is 10.0. The zero-order chi connectivity index (χ0) is 15.4. The van der Waals surface area contributed by atoms with Crippen molar-refractivity contribution in [3.63, 3.8) is 0 Å². The average Bonchev–Trinajstić information content (AvgIpc) is 3.29. The fourth-order valence-corrected chi connectivity index (χ4v) is 2.40. The molecule has 1 aliphatic rings. The Morgan fingerprint density at radius 3 is 2.52 bits per heavy atom. The van der Waals surface area contributed by atoms with Gasteiger partial charge in [-0.15, -0.1) is 0 Å². The summed E-state index contributed by atoms with van der Waals surface area (Å²) in [5.74, 6) is 1.40. The molecule has 0 spiro atoms. The highest BCUT2D eigenvalue weighted by molar-refractivity contribution is 9.10. The molecule has 1 unspecified atom stereocenters. The van der Waals surface area contributed by atoms with Gasteiger partial charge in [0.2, 0.25) is 5.91 Å². The quantitative estimate of drug-likeness (QED) is 0.786. The summed E-state index contributed by atoms with van der Waals surface area (Å²) in [5.41, 5.74) is 1.01. The molecule has 1 fully saturated rings. The van der Waals surface area contributed by atoms with E-state index >= 15 is 0 Å². The Kier molecular flexibility index (Phi) is 5.47. The minimum Gasteiger partial charge on any atom is -0.493 e. The van der Waals surface area contributed by atoms with Crippen LogP contribution in [0.15, 0.2) is 16.6 Å². The van der Waals surface area contributed by atoms with Crippen LogP contribution in [0.5, 0.6) is 11.5 Å². The van der Waals surface area contributed by atoms with Crippen LogP contribution in [-0.2, 0) is 11.3 Å². The lowest BCUT2D eigenvalue weighted by Gasteiger charge is -2.16. The number of hydrogen-bond acceptors (Lipinski definition) is 4. The molecule has 0 saturated heterocycles. The van der Waals surface area contributed by atoms with E-state index in [4.69, 9.17) is 9.47 Å². The van der Waals surface area contributed by atoms with Crippen molar-refractivity contribution < 1.29 is 14.3 Å². The maximum Gasteiger partial charge on any atom is 0.237 e. The van der Waals surface area contributed by atoms with Gasteiger partial charge in [0, 0.05) is 17.1 Å². The van der Waals surface area contributed by atoms with Gasteiger partial charge in [-0.1, -0.05) is 15.9 Å². The van der Waals surface area contributed by atoms with Crippen LogP contribution < -0.4 is 20.1 Å². The fraction of sp³-hybridized carbons (Fsp3) is 0.533. The molecule has 0 aromatic heterocycles. The number of hydrogen-bond donors (Lipinski definition) is 2. The SMILES string of the molecule is COc1cc(Br)c(CNC(C)C(=O)NC2CC2)cc1OC. The summed E-state index contributed by atoms with van der Waals surface area (Å²) in [4.78, 5) is 11.9. The van der Waals surface area contributed by atoms with Crippen molar-refractivity contribution in [1.29, 1.82) is 0 Å². The van der Waals surface area contributed by atoms with Gasteiger partial charge < -0.3 is 20.1 Å². The molecule has 1 aromatic carbocycles. The molecule has 1 aromatic rings. The Bertz CT molecular complexity index is 518. The van der Waals surface area contributed by atoms with E-state index in [-0.39, 0.29) is 11.9 Å². The van der Waals surface area contributed by atoms with E-state index in [1.54, 1.807) is 14.2 Å². The molecule has 1 atom stereocenters. The number of halogens is 1. The van der Waals surface area contributed by atoms with Gasteiger partial charge in [-0.3, -0.25) is 4.79 Å². The van der Waals surface area contributed by atoms with Crippen LogP contribution in [0.25, 0.3) is 0 Å². The Morgan fingerprint density at radius 1 is 1.33 bits per heavy atom. The maximum atomic E-state index is 11.9. The summed E-state index contributed by atoms with van der Waals surface area (Å²) in [6, 6.07) is 3.92. The minimum atomic E-state index is -0.231. The third-order valence-corrected chi connectivity index (χ3v) is 4.21. The molecule has 0 heterocycles. The van der Waals surface area contributed by atoms with Gasteiger partial charge in [0.05, 0.1) is 20.3 Å². The van der Waals surface area contributed by atoms with Crippen LogP contribution in [0, 0.1) is 0 Å². The monoisotopic (exact) mass is 356 g/mol. The third-order valence-electron chi connectivity index (χ3n) is 3.47. The zero-order valence-corrected chi connectivity index (χ0v) is 14.1. The number of rotatable bonds is 7. The van der Waals surface area contributed by atoms with Crippen LogP contribution in [0.1, 0.15) is 25.3 Å². The molecule has 116 valence electrons. The van der Waals surface area contributed by atoms with E-state index in [0.29, 0.717) is 24.1 Å². The van der Waals surface area contributed by atoms with Gasteiger partial charge in [0.15, 0.2) is 11.5 Å². The molecule has 5 nitrogen and oxygen atoms in total. The first-order valence-electron chi connectivity index (χ1n) is 6.99. The second-order valence-corrected chi connectivity index (χ2v) is 6.04. The zero-order valence-electron chi connectivity index (χ0n) is 12.5. The standard InChI is InChI=1S/C15H21BrN2O3/c1-9(15(19)18-11-4-5-11)17-8-10-6-13(20-2)14(21-3)7-12(10)16/h6-7,9,11,17H,4-5,8H2,1-3H3,(H,18,19). The molecule has 1 amide bonds. The van der Waals surface area contributed by atoms with Crippen LogP contribution in [-0.4, -0.2) is 32.2 Å². The van der Waals surface area contributed by atoms with E-state index in [0.717, 1.165) is 22.9 Å². The average molecular weight is 357 g/mol. The van der Waals surface area contributed by atoms with Gasteiger partial charge in [-0.2, -0.15) is 0 Å². The Morgan fingerprint density at radius 2 is 1.95 bits per heavy atom. The number of carbonyl (C=O) groups excluding carboxylic acids is 1. The van der Waals surface area contributed by atoms with Crippen LogP contribution in [0.3, 0.4) is 0 Å². The number of ether oxygens (including phenoxy) is 2. The van der Waals surface area contributed by atoms with Crippen molar-refractivity contribution in [3.05, 3.63) is 22.2 Å². The lowest BCUT2D eigenvalue weighted by atomic mass is 10.2. The number of benzene rings is 1. The molecule has 2 N–H and O–H groups in total. The van der Waals surface area contributed by atoms with E-state index in [9.17, 15) is 4.79 Å². The maximum absolute atomic E-state index is 11.9. The first-order valence-corrected chi connectivity index (χ1v) is 7.78. The van der Waals surface area contributed by atoms with Crippen molar-refractivity contribution in [3.8, 4) is 11.5 Å². The predicted molar refractivity (Wildman–Crippen MR) is 84.7 cm³/mol. The normalized spacial score (nSPS) is 15.4. The van der Waals surface area contributed by atoms with Crippen LogP contribution >= 0.6 is 15.9 Å². The predicted octanol–water partition coefficient (Wildman–Crippen LogP) is 2.22. The smallest absolute Gasteiger partial charge is 0.237 e. The van der Waals surface area contributed by atoms with Gasteiger partial charge in [-0.25, -0.2) is 0 Å². The molecule has 6 heteroatoms. The van der Waals surface area contributed by atoms with E-state index in [2.05, 4.69) is 26.6 Å². The number of methoxy groups -OCH3 is 2. The van der Waals surface area contributed by atoms with Crippen molar-refractivity contribution in [2.75, 3.05) is 14.2 Å². The summed E-state index contributed by atoms with van der Waals surface area (Å²) < 4.78 is 11.5.